The van der Waals surface area contributed by atoms with Crippen LogP contribution < -0.4 is 26.7 Å². The number of hydrogen-bond donors (Lipinski definition) is 4. The Morgan fingerprint density at radius 3 is 2.17 bits per heavy atom. The van der Waals surface area contributed by atoms with E-state index >= 15 is 0 Å². The third-order valence-electron chi connectivity index (χ3n) is 7.56. The number of H-pyrrole nitrogens is 3. The topological polar surface area (TPSA) is 143 Å². The first kappa shape index (κ1) is 25.9. The normalized spacial score (nSPS) is 13.9. The third-order valence-corrected chi connectivity index (χ3v) is 7.56. The molecular formula is C30H29N7O4. The summed E-state index contributed by atoms with van der Waals surface area (Å²) in [4.78, 5) is 54.4. The molecule has 1 aliphatic heterocycles. The highest BCUT2D eigenvalue weighted by atomic mass is 16.3. The molecule has 0 atom stereocenters. The van der Waals surface area contributed by atoms with E-state index in [4.69, 9.17) is 0 Å². The van der Waals surface area contributed by atoms with E-state index in [1.807, 2.05) is 44.2 Å². The quantitative estimate of drug-likeness (QED) is 0.247. The molecule has 2 aromatic heterocycles. The molecule has 1 fully saturated rings. The number of imidazole rings is 1. The van der Waals surface area contributed by atoms with Gasteiger partial charge in [-0.2, -0.15) is 0 Å². The van der Waals surface area contributed by atoms with E-state index in [1.165, 1.54) is 6.21 Å². The van der Waals surface area contributed by atoms with Gasteiger partial charge in [-0.3, -0.25) is 14.8 Å². The fourth-order valence-corrected chi connectivity index (χ4v) is 5.15. The Morgan fingerprint density at radius 2 is 1.46 bits per heavy atom. The van der Waals surface area contributed by atoms with Crippen molar-refractivity contribution in [2.45, 2.75) is 13.8 Å². The molecule has 41 heavy (non-hydrogen) atoms. The Kier molecular flexibility index (Phi) is 6.54. The van der Waals surface area contributed by atoms with E-state index in [0.717, 1.165) is 40.2 Å². The van der Waals surface area contributed by atoms with Crippen molar-refractivity contribution in [3.63, 3.8) is 0 Å². The number of aromatic hydroxyl groups is 1. The molecule has 0 amide bonds. The Balaban J connectivity index is 1.38. The molecule has 0 radical (unpaired) electrons. The van der Waals surface area contributed by atoms with Crippen molar-refractivity contribution in [2.75, 3.05) is 36.0 Å². The van der Waals surface area contributed by atoms with Crippen LogP contribution in [0.5, 0.6) is 5.88 Å². The minimum absolute atomic E-state index is 0.162. The van der Waals surface area contributed by atoms with Crippen molar-refractivity contribution in [3.05, 3.63) is 109 Å². The Bertz CT molecular complexity index is 1960. The molecule has 208 valence electrons. The zero-order valence-electron chi connectivity index (χ0n) is 22.6. The van der Waals surface area contributed by atoms with Crippen LogP contribution in [0.25, 0.3) is 16.7 Å². The van der Waals surface area contributed by atoms with Crippen LogP contribution in [0.1, 0.15) is 16.7 Å². The van der Waals surface area contributed by atoms with Gasteiger partial charge in [0.05, 0.1) is 28.1 Å². The van der Waals surface area contributed by atoms with Crippen molar-refractivity contribution >= 4 is 34.3 Å². The fraction of sp³-hybridized carbons (Fsp3) is 0.200. The summed E-state index contributed by atoms with van der Waals surface area (Å²) < 4.78 is 1.05. The summed E-state index contributed by atoms with van der Waals surface area (Å²) in [7, 11) is 0. The van der Waals surface area contributed by atoms with Crippen molar-refractivity contribution in [3.8, 4) is 11.6 Å². The smallest absolute Gasteiger partial charge is 0.335 e. The van der Waals surface area contributed by atoms with Gasteiger partial charge in [0, 0.05) is 38.1 Å². The van der Waals surface area contributed by atoms with Gasteiger partial charge in [0.25, 0.3) is 5.56 Å². The molecule has 6 rings (SSSR count). The molecular weight excluding hydrogens is 522 g/mol. The molecule has 3 heterocycles. The van der Waals surface area contributed by atoms with Crippen LogP contribution in [0.15, 0.2) is 80.0 Å². The zero-order chi connectivity index (χ0) is 28.7. The predicted octanol–water partition coefficient (Wildman–Crippen LogP) is 3.10. The number of fused-ring (bicyclic) bond motifs is 1. The highest BCUT2D eigenvalue weighted by Crippen LogP contribution is 2.33. The van der Waals surface area contributed by atoms with Gasteiger partial charge in [0.15, 0.2) is 0 Å². The van der Waals surface area contributed by atoms with Gasteiger partial charge in [-0.25, -0.2) is 14.2 Å². The van der Waals surface area contributed by atoms with Crippen molar-refractivity contribution in [1.29, 1.82) is 0 Å². The lowest BCUT2D eigenvalue weighted by atomic mass is 10.1. The Labute approximate surface area is 234 Å². The van der Waals surface area contributed by atoms with Crippen LogP contribution in [-0.4, -0.2) is 57.0 Å². The Hall–Kier alpha value is -5.32. The van der Waals surface area contributed by atoms with Crippen molar-refractivity contribution in [2.24, 2.45) is 4.99 Å². The predicted molar refractivity (Wildman–Crippen MR) is 161 cm³/mol. The largest absolute Gasteiger partial charge is 0.493 e. The van der Waals surface area contributed by atoms with E-state index in [2.05, 4.69) is 41.9 Å². The second-order valence-electron chi connectivity index (χ2n) is 10.1. The number of aromatic amines is 3. The molecule has 0 unspecified atom stereocenters. The van der Waals surface area contributed by atoms with Crippen LogP contribution in [0.2, 0.25) is 0 Å². The average Bonchev–Trinajstić information content (AvgIpc) is 3.33. The number of piperazine rings is 1. The molecule has 11 heteroatoms. The summed E-state index contributed by atoms with van der Waals surface area (Å²) in [5.74, 6) is -0.514. The number of nitrogens with one attached hydrogen (secondary N) is 3. The highest BCUT2D eigenvalue weighted by Gasteiger charge is 2.21. The number of aryl methyl sites for hydroxylation is 2. The summed E-state index contributed by atoms with van der Waals surface area (Å²) in [6.07, 6.45) is 1.25. The van der Waals surface area contributed by atoms with Gasteiger partial charge in [0.2, 0.25) is 5.88 Å². The number of nitrogens with zero attached hydrogens (tertiary/aromatic N) is 4. The lowest BCUT2D eigenvalue weighted by Gasteiger charge is -2.37. The van der Waals surface area contributed by atoms with Gasteiger partial charge in [-0.15, -0.1) is 0 Å². The van der Waals surface area contributed by atoms with Crippen LogP contribution in [0.3, 0.4) is 0 Å². The molecule has 1 aliphatic rings. The van der Waals surface area contributed by atoms with Gasteiger partial charge < -0.3 is 24.9 Å². The highest BCUT2D eigenvalue weighted by molar-refractivity contribution is 5.91. The maximum atomic E-state index is 12.8. The van der Waals surface area contributed by atoms with Gasteiger partial charge >= 0.3 is 11.4 Å². The SMILES string of the molecule is Cc1ccc(-n2c(O)c(C=Nc3cc4[nH]c(=O)[nH]c4cc3N3CCN(c4ccccc4)CC3)c(=O)[nH]c2=O)cc1C. The van der Waals surface area contributed by atoms with Gasteiger partial charge in [-0.05, 0) is 61.4 Å². The summed E-state index contributed by atoms with van der Waals surface area (Å²) in [6, 6.07) is 19.1. The maximum absolute atomic E-state index is 12.8. The minimum Gasteiger partial charge on any atom is -0.493 e. The van der Waals surface area contributed by atoms with E-state index in [1.54, 1.807) is 18.2 Å². The van der Waals surface area contributed by atoms with Crippen molar-refractivity contribution in [1.82, 2.24) is 19.5 Å². The second kappa shape index (κ2) is 10.3. The second-order valence-corrected chi connectivity index (χ2v) is 10.1. The Morgan fingerprint density at radius 1 is 0.780 bits per heavy atom. The van der Waals surface area contributed by atoms with E-state index in [-0.39, 0.29) is 11.3 Å². The molecule has 1 saturated heterocycles. The first-order chi connectivity index (χ1) is 19.8. The van der Waals surface area contributed by atoms with Crippen molar-refractivity contribution < 1.29 is 5.11 Å². The average molecular weight is 552 g/mol. The molecule has 11 nitrogen and oxygen atoms in total. The van der Waals surface area contributed by atoms with E-state index in [9.17, 15) is 19.5 Å². The lowest BCUT2D eigenvalue weighted by molar-refractivity contribution is 0.430. The van der Waals surface area contributed by atoms with Crippen LogP contribution in [0, 0.1) is 13.8 Å². The molecule has 0 saturated carbocycles. The number of aromatic nitrogens is 4. The summed E-state index contributed by atoms with van der Waals surface area (Å²) in [5.41, 5.74) is 4.00. The van der Waals surface area contributed by atoms with Gasteiger partial charge in [0.1, 0.15) is 5.56 Å². The molecule has 0 spiro atoms. The number of benzene rings is 3. The standard InChI is InChI=1S/C30H29N7O4/c1-18-8-9-21(14-19(18)2)37-28(39)22(27(38)34-30(37)41)17-31-25-15-23-24(33-29(40)32-23)16-26(25)36-12-10-35(11-13-36)20-6-4-3-5-7-20/h3-9,14-17,39H,10-13H2,1-2H3,(H2,32,33,40)(H,34,38,41). The molecule has 0 aliphatic carbocycles. The molecule has 0 bridgehead atoms. The maximum Gasteiger partial charge on any atom is 0.335 e. The zero-order valence-corrected chi connectivity index (χ0v) is 22.6. The van der Waals surface area contributed by atoms with Crippen LogP contribution in [-0.2, 0) is 0 Å². The third kappa shape index (κ3) is 4.93. The molecule has 4 N–H and O–H groups in total. The number of aliphatic imine (C=N–C) groups is 1. The summed E-state index contributed by atoms with van der Waals surface area (Å²) >= 11 is 0. The van der Waals surface area contributed by atoms with Gasteiger partial charge in [-0.1, -0.05) is 24.3 Å². The number of para-hydroxylation sites is 1. The van der Waals surface area contributed by atoms with E-state index < -0.39 is 17.1 Å². The number of hydrogen-bond acceptors (Lipinski definition) is 7. The van der Waals surface area contributed by atoms with Crippen LogP contribution in [0.4, 0.5) is 17.1 Å². The summed E-state index contributed by atoms with van der Waals surface area (Å²) in [6.45, 7) is 6.84. The molecule has 3 aromatic carbocycles. The summed E-state index contributed by atoms with van der Waals surface area (Å²) in [5, 5.41) is 11.1. The van der Waals surface area contributed by atoms with Crippen LogP contribution >= 0.6 is 0 Å². The van der Waals surface area contributed by atoms with E-state index in [0.29, 0.717) is 35.5 Å². The first-order valence-corrected chi connectivity index (χ1v) is 13.3. The monoisotopic (exact) mass is 551 g/mol. The lowest BCUT2D eigenvalue weighted by Crippen LogP contribution is -2.46. The molecule has 5 aromatic rings. The fourth-order valence-electron chi connectivity index (χ4n) is 5.15. The first-order valence-electron chi connectivity index (χ1n) is 13.3. The number of anilines is 2. The number of rotatable bonds is 5. The minimum atomic E-state index is -0.759.